The van der Waals surface area contributed by atoms with Crippen LogP contribution < -0.4 is 0 Å². The van der Waals surface area contributed by atoms with E-state index in [0.29, 0.717) is 5.56 Å². The van der Waals surface area contributed by atoms with Gasteiger partial charge >= 0.3 is 0 Å². The molecular weight excluding hydrogens is 212 g/mol. The number of rotatable bonds is 2. The molecule has 0 saturated heterocycles. The molecule has 0 spiro atoms. The molecule has 0 aliphatic carbocycles. The number of aryl methyl sites for hydroxylation is 1. The van der Waals surface area contributed by atoms with Crippen LogP contribution >= 0.6 is 0 Å². The lowest BCUT2D eigenvalue weighted by Crippen LogP contribution is -1.91. The standard InChI is InChI=1S/C15H14O2/c1-10-3-5-12(6-4-10)14-8-7-13(11(2)16)9-15(14)17/h3-9,17H,1-2H3. The van der Waals surface area contributed by atoms with E-state index in [0.717, 1.165) is 11.1 Å². The third-order valence-corrected chi connectivity index (χ3v) is 2.77. The molecule has 0 saturated carbocycles. The molecule has 0 aromatic heterocycles. The summed E-state index contributed by atoms with van der Waals surface area (Å²) in [5.41, 5.74) is 3.39. The van der Waals surface area contributed by atoms with Gasteiger partial charge < -0.3 is 5.11 Å². The van der Waals surface area contributed by atoms with Crippen molar-refractivity contribution in [3.05, 3.63) is 53.6 Å². The van der Waals surface area contributed by atoms with Gasteiger partial charge in [-0.15, -0.1) is 0 Å². The van der Waals surface area contributed by atoms with Gasteiger partial charge in [-0.1, -0.05) is 35.9 Å². The average molecular weight is 226 g/mol. The van der Waals surface area contributed by atoms with Crippen LogP contribution in [-0.2, 0) is 0 Å². The van der Waals surface area contributed by atoms with Crippen molar-refractivity contribution < 1.29 is 9.90 Å². The molecule has 2 nitrogen and oxygen atoms in total. The van der Waals surface area contributed by atoms with Crippen molar-refractivity contribution >= 4 is 5.78 Å². The Morgan fingerprint density at radius 1 is 1.06 bits per heavy atom. The number of ketones is 1. The lowest BCUT2D eigenvalue weighted by atomic mass is 10.0. The first-order chi connectivity index (χ1) is 8.08. The molecule has 2 aromatic carbocycles. The molecule has 0 radical (unpaired) electrons. The quantitative estimate of drug-likeness (QED) is 0.795. The second kappa shape index (κ2) is 4.42. The number of hydrogen-bond donors (Lipinski definition) is 1. The lowest BCUT2D eigenvalue weighted by Gasteiger charge is -2.06. The summed E-state index contributed by atoms with van der Waals surface area (Å²) in [7, 11) is 0. The molecule has 0 aliphatic heterocycles. The van der Waals surface area contributed by atoms with Crippen LogP contribution in [0.5, 0.6) is 5.75 Å². The highest BCUT2D eigenvalue weighted by Crippen LogP contribution is 2.30. The van der Waals surface area contributed by atoms with Gasteiger partial charge in [0.25, 0.3) is 0 Å². The van der Waals surface area contributed by atoms with Gasteiger partial charge in [0.15, 0.2) is 5.78 Å². The molecule has 0 amide bonds. The summed E-state index contributed by atoms with van der Waals surface area (Å²) in [5.74, 6) is 0.0947. The first-order valence-electron chi connectivity index (χ1n) is 5.49. The first kappa shape index (κ1) is 11.4. The van der Waals surface area contributed by atoms with E-state index in [1.807, 2.05) is 31.2 Å². The zero-order valence-electron chi connectivity index (χ0n) is 9.90. The van der Waals surface area contributed by atoms with E-state index in [2.05, 4.69) is 0 Å². The van der Waals surface area contributed by atoms with Gasteiger partial charge in [-0.2, -0.15) is 0 Å². The molecule has 0 heterocycles. The maximum absolute atomic E-state index is 11.2. The fourth-order valence-electron chi connectivity index (χ4n) is 1.73. The Labute approximate surface area is 101 Å². The molecular formula is C15H14O2. The van der Waals surface area contributed by atoms with E-state index in [-0.39, 0.29) is 11.5 Å². The Bertz CT molecular complexity index is 554. The number of phenolic OH excluding ortho intramolecular Hbond substituents is 1. The Balaban J connectivity index is 2.46. The monoisotopic (exact) mass is 226 g/mol. The molecule has 2 heteroatoms. The molecule has 86 valence electrons. The molecule has 1 N–H and O–H groups in total. The third-order valence-electron chi connectivity index (χ3n) is 2.77. The summed E-state index contributed by atoms with van der Waals surface area (Å²) in [6, 6.07) is 12.9. The molecule has 2 aromatic rings. The normalized spacial score (nSPS) is 10.2. The van der Waals surface area contributed by atoms with Crippen LogP contribution in [0.3, 0.4) is 0 Å². The summed E-state index contributed by atoms with van der Waals surface area (Å²) in [5, 5.41) is 9.91. The minimum absolute atomic E-state index is 0.0456. The minimum Gasteiger partial charge on any atom is -0.507 e. The highest BCUT2D eigenvalue weighted by atomic mass is 16.3. The van der Waals surface area contributed by atoms with Gasteiger partial charge in [0, 0.05) is 11.1 Å². The topological polar surface area (TPSA) is 37.3 Å². The molecule has 0 fully saturated rings. The number of carbonyl (C=O) groups is 1. The highest BCUT2D eigenvalue weighted by Gasteiger charge is 2.07. The van der Waals surface area contributed by atoms with Crippen LogP contribution in [0.25, 0.3) is 11.1 Å². The zero-order chi connectivity index (χ0) is 12.4. The van der Waals surface area contributed by atoms with Crippen molar-refractivity contribution in [3.8, 4) is 16.9 Å². The second-order valence-electron chi connectivity index (χ2n) is 4.15. The summed E-state index contributed by atoms with van der Waals surface area (Å²) in [6.07, 6.45) is 0. The van der Waals surface area contributed by atoms with E-state index >= 15 is 0 Å². The van der Waals surface area contributed by atoms with Crippen molar-refractivity contribution in [1.82, 2.24) is 0 Å². The van der Waals surface area contributed by atoms with Gasteiger partial charge in [0.2, 0.25) is 0 Å². The van der Waals surface area contributed by atoms with Crippen molar-refractivity contribution in [2.75, 3.05) is 0 Å². The van der Waals surface area contributed by atoms with E-state index in [1.165, 1.54) is 18.6 Å². The Hall–Kier alpha value is -2.09. The van der Waals surface area contributed by atoms with E-state index < -0.39 is 0 Å². The van der Waals surface area contributed by atoms with Gasteiger partial charge in [0.05, 0.1) is 0 Å². The SMILES string of the molecule is CC(=O)c1ccc(-c2ccc(C)cc2)c(O)c1. The van der Waals surface area contributed by atoms with Gasteiger partial charge in [0.1, 0.15) is 5.75 Å². The van der Waals surface area contributed by atoms with Crippen molar-refractivity contribution in [1.29, 1.82) is 0 Å². The molecule has 0 atom stereocenters. The number of carbonyl (C=O) groups excluding carboxylic acids is 1. The predicted molar refractivity (Wildman–Crippen MR) is 68.3 cm³/mol. The van der Waals surface area contributed by atoms with Gasteiger partial charge in [-0.3, -0.25) is 4.79 Å². The van der Waals surface area contributed by atoms with E-state index in [4.69, 9.17) is 0 Å². The zero-order valence-corrected chi connectivity index (χ0v) is 9.90. The fourth-order valence-corrected chi connectivity index (χ4v) is 1.73. The van der Waals surface area contributed by atoms with E-state index in [1.54, 1.807) is 12.1 Å². The van der Waals surface area contributed by atoms with Crippen molar-refractivity contribution in [2.24, 2.45) is 0 Å². The summed E-state index contributed by atoms with van der Waals surface area (Å²) < 4.78 is 0. The smallest absolute Gasteiger partial charge is 0.159 e. The largest absolute Gasteiger partial charge is 0.507 e. The van der Waals surface area contributed by atoms with Crippen molar-refractivity contribution in [2.45, 2.75) is 13.8 Å². The maximum atomic E-state index is 11.2. The highest BCUT2D eigenvalue weighted by molar-refractivity contribution is 5.95. The molecule has 17 heavy (non-hydrogen) atoms. The molecule has 0 bridgehead atoms. The Morgan fingerprint density at radius 2 is 1.71 bits per heavy atom. The van der Waals surface area contributed by atoms with Crippen LogP contribution in [-0.4, -0.2) is 10.9 Å². The maximum Gasteiger partial charge on any atom is 0.159 e. The Morgan fingerprint density at radius 3 is 2.24 bits per heavy atom. The lowest BCUT2D eigenvalue weighted by molar-refractivity contribution is 0.101. The number of hydrogen-bond acceptors (Lipinski definition) is 2. The van der Waals surface area contributed by atoms with E-state index in [9.17, 15) is 9.90 Å². The number of phenols is 1. The molecule has 0 aliphatic rings. The summed E-state index contributed by atoms with van der Waals surface area (Å²) >= 11 is 0. The van der Waals surface area contributed by atoms with Crippen LogP contribution in [0.2, 0.25) is 0 Å². The second-order valence-corrected chi connectivity index (χ2v) is 4.15. The van der Waals surface area contributed by atoms with Gasteiger partial charge in [-0.05, 0) is 31.5 Å². The molecule has 2 rings (SSSR count). The number of Topliss-reactive ketones (excluding diaryl/α,β-unsaturated/α-hetero) is 1. The van der Waals surface area contributed by atoms with Crippen LogP contribution in [0, 0.1) is 6.92 Å². The fraction of sp³-hybridized carbons (Fsp3) is 0.133. The minimum atomic E-state index is -0.0456. The van der Waals surface area contributed by atoms with Crippen LogP contribution in [0.1, 0.15) is 22.8 Å². The summed E-state index contributed by atoms with van der Waals surface area (Å²) in [6.45, 7) is 3.50. The first-order valence-corrected chi connectivity index (χ1v) is 5.49. The average Bonchev–Trinajstić information content (AvgIpc) is 2.30. The number of aromatic hydroxyl groups is 1. The predicted octanol–water partition coefficient (Wildman–Crippen LogP) is 3.57. The Kier molecular flexibility index (Phi) is 2.96. The van der Waals surface area contributed by atoms with Gasteiger partial charge in [-0.25, -0.2) is 0 Å². The number of benzene rings is 2. The molecule has 0 unspecified atom stereocenters. The van der Waals surface area contributed by atoms with Crippen molar-refractivity contribution in [3.63, 3.8) is 0 Å². The van der Waals surface area contributed by atoms with Crippen LogP contribution in [0.4, 0.5) is 0 Å². The summed E-state index contributed by atoms with van der Waals surface area (Å²) in [4.78, 5) is 11.2. The van der Waals surface area contributed by atoms with Crippen LogP contribution in [0.15, 0.2) is 42.5 Å². The third kappa shape index (κ3) is 2.36.